The van der Waals surface area contributed by atoms with Crippen molar-refractivity contribution in [2.24, 2.45) is 0 Å². The highest BCUT2D eigenvalue weighted by atomic mass is 15.4. The minimum Gasteiger partial charge on any atom is -0.216 e. The van der Waals surface area contributed by atoms with Crippen molar-refractivity contribution >= 4 is 0 Å². The lowest BCUT2D eigenvalue weighted by Gasteiger charge is -2.07. The Balaban J connectivity index is 2.01. The molecule has 2 aromatic carbocycles. The molecule has 0 aliphatic heterocycles. The average molecular weight is 288 g/mol. The van der Waals surface area contributed by atoms with Gasteiger partial charge in [-0.15, -0.1) is 5.10 Å². The van der Waals surface area contributed by atoms with Crippen LogP contribution >= 0.6 is 0 Å². The first kappa shape index (κ1) is 14.0. The first-order valence-corrected chi connectivity index (χ1v) is 7.29. The lowest BCUT2D eigenvalue weighted by Crippen LogP contribution is -2.04. The molecule has 1 aromatic heterocycles. The molecule has 0 unspecified atom stereocenters. The number of benzene rings is 2. The van der Waals surface area contributed by atoms with Gasteiger partial charge in [0.2, 0.25) is 0 Å². The second-order valence-corrected chi connectivity index (χ2v) is 5.09. The predicted octanol–water partition coefficient (Wildman–Crippen LogP) is 3.29. The first-order chi connectivity index (χ1) is 10.8. The van der Waals surface area contributed by atoms with Crippen LogP contribution in [0.25, 0.3) is 5.69 Å². The molecule has 0 aliphatic rings. The molecule has 22 heavy (non-hydrogen) atoms. The van der Waals surface area contributed by atoms with Crippen LogP contribution in [-0.4, -0.2) is 15.0 Å². The van der Waals surface area contributed by atoms with E-state index in [1.54, 1.807) is 4.68 Å². The second kappa shape index (κ2) is 6.23. The van der Waals surface area contributed by atoms with Crippen LogP contribution in [0.5, 0.6) is 0 Å². The van der Waals surface area contributed by atoms with Crippen LogP contribution in [0.4, 0.5) is 0 Å². The van der Waals surface area contributed by atoms with E-state index in [-0.39, 0.29) is 0 Å². The van der Waals surface area contributed by atoms with Crippen molar-refractivity contribution in [2.75, 3.05) is 0 Å². The minimum absolute atomic E-state index is 0.378. The Hall–Kier alpha value is -2.93. The third-order valence-electron chi connectivity index (χ3n) is 3.67. The third-order valence-corrected chi connectivity index (χ3v) is 3.67. The number of hydrogen-bond donors (Lipinski definition) is 0. The summed E-state index contributed by atoms with van der Waals surface area (Å²) in [4.78, 5) is 0. The van der Waals surface area contributed by atoms with Crippen LogP contribution in [0.1, 0.15) is 29.4 Å². The predicted molar refractivity (Wildman–Crippen MR) is 84.7 cm³/mol. The molecule has 0 saturated heterocycles. The van der Waals surface area contributed by atoms with Gasteiger partial charge in [0.1, 0.15) is 6.07 Å². The van der Waals surface area contributed by atoms with E-state index in [1.807, 2.05) is 42.5 Å². The SMILES string of the molecule is CCc1ccc(-n2nnc(C#N)c2Cc2ccccc2)cc1. The van der Waals surface area contributed by atoms with Gasteiger partial charge in [0.05, 0.1) is 11.4 Å². The Kier molecular flexibility index (Phi) is 3.97. The van der Waals surface area contributed by atoms with E-state index in [0.29, 0.717) is 12.1 Å². The quantitative estimate of drug-likeness (QED) is 0.740. The van der Waals surface area contributed by atoms with E-state index in [0.717, 1.165) is 23.4 Å². The summed E-state index contributed by atoms with van der Waals surface area (Å²) in [5, 5.41) is 17.4. The van der Waals surface area contributed by atoms with Gasteiger partial charge in [-0.1, -0.05) is 54.6 Å². The molecular formula is C18H16N4. The third kappa shape index (κ3) is 2.75. The van der Waals surface area contributed by atoms with Crippen LogP contribution in [0.15, 0.2) is 54.6 Å². The number of nitriles is 1. The zero-order valence-corrected chi connectivity index (χ0v) is 12.4. The Morgan fingerprint density at radius 1 is 1.00 bits per heavy atom. The molecule has 1 heterocycles. The molecule has 0 spiro atoms. The molecule has 0 N–H and O–H groups in total. The number of hydrogen-bond acceptors (Lipinski definition) is 3. The van der Waals surface area contributed by atoms with Crippen molar-refractivity contribution in [2.45, 2.75) is 19.8 Å². The summed E-state index contributed by atoms with van der Waals surface area (Å²) in [6.45, 7) is 2.12. The minimum atomic E-state index is 0.378. The van der Waals surface area contributed by atoms with Gasteiger partial charge in [0.15, 0.2) is 5.69 Å². The van der Waals surface area contributed by atoms with Crippen LogP contribution in [-0.2, 0) is 12.8 Å². The van der Waals surface area contributed by atoms with Crippen LogP contribution in [0.3, 0.4) is 0 Å². The Morgan fingerprint density at radius 3 is 2.36 bits per heavy atom. The molecule has 0 atom stereocenters. The monoisotopic (exact) mass is 288 g/mol. The molecule has 0 saturated carbocycles. The average Bonchev–Trinajstić information content (AvgIpc) is 2.98. The van der Waals surface area contributed by atoms with Gasteiger partial charge in [-0.2, -0.15) is 5.26 Å². The molecule has 3 rings (SSSR count). The van der Waals surface area contributed by atoms with Crippen LogP contribution in [0, 0.1) is 11.3 Å². The first-order valence-electron chi connectivity index (χ1n) is 7.29. The van der Waals surface area contributed by atoms with E-state index in [2.05, 4.69) is 35.4 Å². The van der Waals surface area contributed by atoms with Crippen molar-refractivity contribution in [3.63, 3.8) is 0 Å². The number of nitrogens with zero attached hydrogens (tertiary/aromatic N) is 4. The summed E-state index contributed by atoms with van der Waals surface area (Å²) >= 11 is 0. The zero-order chi connectivity index (χ0) is 15.4. The highest BCUT2D eigenvalue weighted by molar-refractivity contribution is 5.40. The highest BCUT2D eigenvalue weighted by Crippen LogP contribution is 2.17. The maximum atomic E-state index is 9.27. The maximum absolute atomic E-state index is 9.27. The number of rotatable bonds is 4. The number of aryl methyl sites for hydroxylation is 1. The Morgan fingerprint density at radius 2 is 1.73 bits per heavy atom. The van der Waals surface area contributed by atoms with E-state index >= 15 is 0 Å². The standard InChI is InChI=1S/C18H16N4/c1-2-14-8-10-16(11-9-14)22-18(17(13-19)20-21-22)12-15-6-4-3-5-7-15/h3-11H,2,12H2,1H3. The van der Waals surface area contributed by atoms with Gasteiger partial charge < -0.3 is 0 Å². The van der Waals surface area contributed by atoms with Crippen molar-refractivity contribution in [1.29, 1.82) is 5.26 Å². The fourth-order valence-electron chi connectivity index (χ4n) is 2.42. The maximum Gasteiger partial charge on any atom is 0.186 e. The molecule has 3 aromatic rings. The van der Waals surface area contributed by atoms with Gasteiger partial charge in [-0.3, -0.25) is 0 Å². The normalized spacial score (nSPS) is 10.4. The summed E-state index contributed by atoms with van der Waals surface area (Å²) in [7, 11) is 0. The van der Waals surface area contributed by atoms with Crippen molar-refractivity contribution < 1.29 is 0 Å². The summed E-state index contributed by atoms with van der Waals surface area (Å²) in [5.74, 6) is 0. The van der Waals surface area contributed by atoms with Crippen molar-refractivity contribution in [3.05, 3.63) is 77.1 Å². The number of aromatic nitrogens is 3. The Bertz CT molecular complexity index is 795. The Labute approximate surface area is 129 Å². The van der Waals surface area contributed by atoms with E-state index < -0.39 is 0 Å². The van der Waals surface area contributed by atoms with Crippen LogP contribution < -0.4 is 0 Å². The zero-order valence-electron chi connectivity index (χ0n) is 12.4. The van der Waals surface area contributed by atoms with Gasteiger partial charge in [-0.05, 0) is 29.7 Å². The summed E-state index contributed by atoms with van der Waals surface area (Å²) in [6, 6.07) is 20.4. The molecule has 4 heteroatoms. The topological polar surface area (TPSA) is 54.5 Å². The molecule has 108 valence electrons. The van der Waals surface area contributed by atoms with Crippen molar-refractivity contribution in [1.82, 2.24) is 15.0 Å². The molecule has 4 nitrogen and oxygen atoms in total. The molecule has 0 aliphatic carbocycles. The molecular weight excluding hydrogens is 272 g/mol. The lowest BCUT2D eigenvalue weighted by molar-refractivity contribution is 0.772. The van der Waals surface area contributed by atoms with Gasteiger partial charge in [0, 0.05) is 6.42 Å². The van der Waals surface area contributed by atoms with E-state index in [4.69, 9.17) is 0 Å². The van der Waals surface area contributed by atoms with Gasteiger partial charge >= 0.3 is 0 Å². The summed E-state index contributed by atoms with van der Waals surface area (Å²) in [5.41, 5.74) is 4.53. The van der Waals surface area contributed by atoms with Gasteiger partial charge in [-0.25, -0.2) is 4.68 Å². The molecule has 0 bridgehead atoms. The fourth-order valence-corrected chi connectivity index (χ4v) is 2.42. The summed E-state index contributed by atoms with van der Waals surface area (Å²) in [6.07, 6.45) is 1.63. The second-order valence-electron chi connectivity index (χ2n) is 5.09. The lowest BCUT2D eigenvalue weighted by atomic mass is 10.1. The van der Waals surface area contributed by atoms with Crippen LogP contribution in [0.2, 0.25) is 0 Å². The van der Waals surface area contributed by atoms with E-state index in [1.165, 1.54) is 5.56 Å². The van der Waals surface area contributed by atoms with Gasteiger partial charge in [0.25, 0.3) is 0 Å². The highest BCUT2D eigenvalue weighted by Gasteiger charge is 2.14. The fraction of sp³-hybridized carbons (Fsp3) is 0.167. The molecule has 0 fully saturated rings. The smallest absolute Gasteiger partial charge is 0.186 e. The largest absolute Gasteiger partial charge is 0.216 e. The van der Waals surface area contributed by atoms with Crippen molar-refractivity contribution in [3.8, 4) is 11.8 Å². The summed E-state index contributed by atoms with van der Waals surface area (Å²) < 4.78 is 1.75. The molecule has 0 radical (unpaired) electrons. The molecule has 0 amide bonds. The van der Waals surface area contributed by atoms with E-state index in [9.17, 15) is 5.26 Å².